The van der Waals surface area contributed by atoms with E-state index in [2.05, 4.69) is 5.32 Å². The highest BCUT2D eigenvalue weighted by molar-refractivity contribution is 5.79. The fourth-order valence-electron chi connectivity index (χ4n) is 3.23. The molecule has 0 radical (unpaired) electrons. The number of likely N-dealkylation sites (N-methyl/N-ethyl adjacent to an activating group) is 1. The molecule has 1 atom stereocenters. The molecule has 1 aliphatic rings. The number of anilines is 1. The number of benzene rings is 1. The first-order valence-electron chi connectivity index (χ1n) is 9.61. The molecule has 1 aliphatic heterocycles. The molecule has 0 saturated carbocycles. The molecule has 1 saturated heterocycles. The van der Waals surface area contributed by atoms with Crippen molar-refractivity contribution in [3.05, 3.63) is 30.1 Å². The van der Waals surface area contributed by atoms with Gasteiger partial charge in [0.1, 0.15) is 5.82 Å². The molecule has 1 aromatic carbocycles. The first kappa shape index (κ1) is 21.2. The van der Waals surface area contributed by atoms with E-state index in [9.17, 15) is 14.0 Å². The lowest BCUT2D eigenvalue weighted by atomic mass is 10.1. The van der Waals surface area contributed by atoms with Crippen LogP contribution in [-0.4, -0.2) is 68.1 Å². The highest BCUT2D eigenvalue weighted by Gasteiger charge is 2.26. The van der Waals surface area contributed by atoms with Gasteiger partial charge in [-0.2, -0.15) is 0 Å². The van der Waals surface area contributed by atoms with Crippen LogP contribution in [0.3, 0.4) is 0 Å². The summed E-state index contributed by atoms with van der Waals surface area (Å²) < 4.78 is 13.9. The molecule has 150 valence electrons. The number of carbonyl (C=O) groups is 2. The van der Waals surface area contributed by atoms with E-state index in [0.717, 1.165) is 4.90 Å². The zero-order chi connectivity index (χ0) is 20.0. The molecule has 2 N–H and O–H groups in total. The average molecular weight is 380 g/mol. The monoisotopic (exact) mass is 379 g/mol. The Hall–Kier alpha value is -2.15. The zero-order valence-corrected chi connectivity index (χ0v) is 16.8. The smallest absolute Gasteiger partial charge is 0.277 e. The van der Waals surface area contributed by atoms with E-state index in [0.29, 0.717) is 45.0 Å². The molecule has 2 rings (SSSR count). The van der Waals surface area contributed by atoms with E-state index in [-0.39, 0.29) is 29.7 Å². The number of hydrogen-bond acceptors (Lipinski definition) is 3. The normalized spacial score (nSPS) is 16.2. The number of para-hydroxylation sites is 1. The molecular weight excluding hydrogens is 347 g/mol. The van der Waals surface area contributed by atoms with Crippen LogP contribution in [0.5, 0.6) is 0 Å². The van der Waals surface area contributed by atoms with Crippen molar-refractivity contribution in [2.24, 2.45) is 0 Å². The number of rotatable bonds is 6. The van der Waals surface area contributed by atoms with Crippen LogP contribution in [0.4, 0.5) is 10.1 Å². The maximum atomic E-state index is 13.9. The highest BCUT2D eigenvalue weighted by Crippen LogP contribution is 2.19. The number of halogens is 1. The van der Waals surface area contributed by atoms with Crippen molar-refractivity contribution < 1.29 is 18.9 Å². The molecule has 1 fully saturated rings. The SMILES string of the molecule is CC[NH+](CC(=O)NC(C)(C)C)CC(=O)N1CCN(c2ccccc2F)CC1. The van der Waals surface area contributed by atoms with Crippen molar-refractivity contribution in [2.75, 3.05) is 50.7 Å². The third-order valence-corrected chi connectivity index (χ3v) is 4.65. The summed E-state index contributed by atoms with van der Waals surface area (Å²) >= 11 is 0. The number of amides is 2. The fourth-order valence-corrected chi connectivity index (χ4v) is 3.23. The molecule has 0 aromatic heterocycles. The second-order valence-electron chi connectivity index (χ2n) is 8.07. The van der Waals surface area contributed by atoms with Gasteiger partial charge in [-0.05, 0) is 39.8 Å². The van der Waals surface area contributed by atoms with Crippen LogP contribution in [0.2, 0.25) is 0 Å². The van der Waals surface area contributed by atoms with E-state index in [4.69, 9.17) is 0 Å². The van der Waals surface area contributed by atoms with Crippen LogP contribution in [0.1, 0.15) is 27.7 Å². The summed E-state index contributed by atoms with van der Waals surface area (Å²) in [6, 6.07) is 6.72. The van der Waals surface area contributed by atoms with Crippen LogP contribution in [0, 0.1) is 5.82 Å². The molecule has 0 aliphatic carbocycles. The number of quaternary nitrogens is 1. The molecule has 1 heterocycles. The minimum absolute atomic E-state index is 0.0449. The van der Waals surface area contributed by atoms with Crippen LogP contribution in [-0.2, 0) is 9.59 Å². The van der Waals surface area contributed by atoms with Crippen LogP contribution < -0.4 is 15.1 Å². The number of carbonyl (C=O) groups excluding carboxylic acids is 2. The van der Waals surface area contributed by atoms with Gasteiger partial charge in [-0.15, -0.1) is 0 Å². The Morgan fingerprint density at radius 3 is 2.30 bits per heavy atom. The maximum Gasteiger partial charge on any atom is 0.277 e. The molecule has 1 unspecified atom stereocenters. The van der Waals surface area contributed by atoms with Gasteiger partial charge in [-0.3, -0.25) is 9.59 Å². The van der Waals surface area contributed by atoms with Gasteiger partial charge in [0, 0.05) is 31.7 Å². The van der Waals surface area contributed by atoms with Crippen molar-refractivity contribution >= 4 is 17.5 Å². The van der Waals surface area contributed by atoms with Gasteiger partial charge < -0.3 is 20.0 Å². The molecule has 6 nitrogen and oxygen atoms in total. The maximum absolute atomic E-state index is 13.9. The number of nitrogens with zero attached hydrogens (tertiary/aromatic N) is 2. The van der Waals surface area contributed by atoms with E-state index >= 15 is 0 Å². The predicted octanol–water partition coefficient (Wildman–Crippen LogP) is 0.294. The molecule has 2 amide bonds. The summed E-state index contributed by atoms with van der Waals surface area (Å²) in [6.07, 6.45) is 0. The Balaban J connectivity index is 1.84. The van der Waals surface area contributed by atoms with E-state index < -0.39 is 0 Å². The fraction of sp³-hybridized carbons (Fsp3) is 0.600. The second-order valence-corrected chi connectivity index (χ2v) is 8.07. The van der Waals surface area contributed by atoms with Gasteiger partial charge in [0.25, 0.3) is 11.8 Å². The van der Waals surface area contributed by atoms with Gasteiger partial charge in [-0.1, -0.05) is 12.1 Å². The summed E-state index contributed by atoms with van der Waals surface area (Å²) in [4.78, 5) is 29.5. The van der Waals surface area contributed by atoms with Gasteiger partial charge in [-0.25, -0.2) is 4.39 Å². The summed E-state index contributed by atoms with van der Waals surface area (Å²) in [7, 11) is 0. The lowest BCUT2D eigenvalue weighted by Gasteiger charge is -2.36. The Bertz CT molecular complexity index is 652. The third-order valence-electron chi connectivity index (χ3n) is 4.65. The summed E-state index contributed by atoms with van der Waals surface area (Å²) in [6.45, 7) is 11.4. The highest BCUT2D eigenvalue weighted by atomic mass is 19.1. The predicted molar refractivity (Wildman–Crippen MR) is 104 cm³/mol. The summed E-state index contributed by atoms with van der Waals surface area (Å²) in [5, 5.41) is 2.94. The number of hydrogen-bond donors (Lipinski definition) is 2. The lowest BCUT2D eigenvalue weighted by molar-refractivity contribution is -0.882. The quantitative estimate of drug-likeness (QED) is 0.747. The van der Waals surface area contributed by atoms with Crippen molar-refractivity contribution in [1.29, 1.82) is 0 Å². The Morgan fingerprint density at radius 2 is 1.74 bits per heavy atom. The minimum Gasteiger partial charge on any atom is -0.366 e. The lowest BCUT2D eigenvalue weighted by Crippen LogP contribution is -3.14. The molecule has 0 bridgehead atoms. The Labute approximate surface area is 161 Å². The zero-order valence-electron chi connectivity index (χ0n) is 16.8. The van der Waals surface area contributed by atoms with Crippen molar-refractivity contribution in [3.63, 3.8) is 0 Å². The molecule has 0 spiro atoms. The largest absolute Gasteiger partial charge is 0.366 e. The number of piperazine rings is 1. The van der Waals surface area contributed by atoms with E-state index in [1.165, 1.54) is 6.07 Å². The van der Waals surface area contributed by atoms with Gasteiger partial charge in [0.15, 0.2) is 13.1 Å². The van der Waals surface area contributed by atoms with E-state index in [1.54, 1.807) is 12.1 Å². The van der Waals surface area contributed by atoms with Gasteiger partial charge in [0.2, 0.25) is 0 Å². The third kappa shape index (κ3) is 6.50. The second kappa shape index (κ2) is 9.17. The molecular formula is C20H32FN4O2+. The van der Waals surface area contributed by atoms with Crippen LogP contribution in [0.15, 0.2) is 24.3 Å². The Kier molecular flexibility index (Phi) is 7.18. The molecule has 27 heavy (non-hydrogen) atoms. The Morgan fingerprint density at radius 1 is 1.11 bits per heavy atom. The van der Waals surface area contributed by atoms with Gasteiger partial charge >= 0.3 is 0 Å². The van der Waals surface area contributed by atoms with Crippen LogP contribution >= 0.6 is 0 Å². The van der Waals surface area contributed by atoms with E-state index in [1.807, 2.05) is 43.6 Å². The molecule has 7 heteroatoms. The first-order chi connectivity index (χ1) is 12.7. The number of nitrogens with one attached hydrogen (secondary N) is 2. The van der Waals surface area contributed by atoms with Crippen molar-refractivity contribution in [3.8, 4) is 0 Å². The topological polar surface area (TPSA) is 57.1 Å². The summed E-state index contributed by atoms with van der Waals surface area (Å²) in [5.41, 5.74) is 0.312. The minimum atomic E-state index is -0.275. The van der Waals surface area contributed by atoms with Crippen molar-refractivity contribution in [2.45, 2.75) is 33.2 Å². The van der Waals surface area contributed by atoms with Crippen LogP contribution in [0.25, 0.3) is 0 Å². The first-order valence-corrected chi connectivity index (χ1v) is 9.61. The van der Waals surface area contributed by atoms with Gasteiger partial charge in [0.05, 0.1) is 12.2 Å². The standard InChI is InChI=1S/C20H31FN4O2/c1-5-23(14-18(26)22-20(2,3)4)15-19(27)25-12-10-24(11-13-25)17-9-7-6-8-16(17)21/h6-9H,5,10-15H2,1-4H3,(H,22,26)/p+1. The van der Waals surface area contributed by atoms with Crippen molar-refractivity contribution in [1.82, 2.24) is 10.2 Å². The molecule has 1 aromatic rings. The average Bonchev–Trinajstić information content (AvgIpc) is 2.60. The summed E-state index contributed by atoms with van der Waals surface area (Å²) in [5.74, 6) is -0.233.